The molecule has 0 aliphatic carbocycles. The Kier molecular flexibility index (Phi) is 6.11. The second kappa shape index (κ2) is 9.13. The van der Waals surface area contributed by atoms with Crippen molar-refractivity contribution in [1.29, 1.82) is 0 Å². The molecule has 2 N–H and O–H groups in total. The van der Waals surface area contributed by atoms with Crippen molar-refractivity contribution in [2.45, 2.75) is 19.2 Å². The molecule has 4 rings (SSSR count). The number of amides is 1. The lowest BCUT2D eigenvalue weighted by molar-refractivity contribution is -0.274. The molecule has 32 heavy (non-hydrogen) atoms. The summed E-state index contributed by atoms with van der Waals surface area (Å²) in [5.74, 6) is -0.405. The summed E-state index contributed by atoms with van der Waals surface area (Å²) in [6, 6.07) is 13.7. The summed E-state index contributed by atoms with van der Waals surface area (Å²) in [6.07, 6.45) is -0.754. The first-order chi connectivity index (χ1) is 15.4. The van der Waals surface area contributed by atoms with Gasteiger partial charge in [0.15, 0.2) is 5.82 Å². The summed E-state index contributed by atoms with van der Waals surface area (Å²) in [6.45, 7) is 2.01. The zero-order valence-corrected chi connectivity index (χ0v) is 16.9. The van der Waals surface area contributed by atoms with Gasteiger partial charge >= 0.3 is 6.36 Å². The van der Waals surface area contributed by atoms with Crippen LogP contribution in [0.1, 0.15) is 23.2 Å². The smallest absolute Gasteiger partial charge is 0.406 e. The van der Waals surface area contributed by atoms with Gasteiger partial charge in [0, 0.05) is 36.1 Å². The van der Waals surface area contributed by atoms with Crippen LogP contribution in [-0.4, -0.2) is 35.6 Å². The SMILES string of the molecule is O=C(Nc1ccc(Nc2cc(N3CCCC3)cnn2)cc1)c1cccc(OC(F)(F)F)c1. The van der Waals surface area contributed by atoms with Crippen molar-refractivity contribution < 1.29 is 22.7 Å². The van der Waals surface area contributed by atoms with Crippen LogP contribution in [0.5, 0.6) is 5.75 Å². The van der Waals surface area contributed by atoms with E-state index in [0.717, 1.165) is 49.4 Å². The van der Waals surface area contributed by atoms with Gasteiger partial charge in [-0.2, -0.15) is 5.10 Å². The van der Waals surface area contributed by atoms with Crippen LogP contribution in [0.15, 0.2) is 60.8 Å². The normalized spacial score (nSPS) is 13.7. The van der Waals surface area contributed by atoms with Gasteiger partial charge in [-0.05, 0) is 55.3 Å². The van der Waals surface area contributed by atoms with Crippen molar-refractivity contribution in [3.05, 3.63) is 66.4 Å². The minimum absolute atomic E-state index is 0.0444. The Morgan fingerprint density at radius 2 is 1.72 bits per heavy atom. The number of aromatic nitrogens is 2. The van der Waals surface area contributed by atoms with Gasteiger partial charge in [-0.25, -0.2) is 0 Å². The number of anilines is 4. The van der Waals surface area contributed by atoms with E-state index >= 15 is 0 Å². The van der Waals surface area contributed by atoms with E-state index in [9.17, 15) is 18.0 Å². The van der Waals surface area contributed by atoms with Crippen LogP contribution in [0.3, 0.4) is 0 Å². The number of benzene rings is 2. The number of alkyl halides is 3. The Bertz CT molecular complexity index is 1080. The zero-order valence-electron chi connectivity index (χ0n) is 16.9. The molecule has 3 aromatic rings. The zero-order chi connectivity index (χ0) is 22.6. The van der Waals surface area contributed by atoms with Crippen LogP contribution in [-0.2, 0) is 0 Å². The van der Waals surface area contributed by atoms with Gasteiger partial charge in [0.1, 0.15) is 5.75 Å². The van der Waals surface area contributed by atoms with E-state index in [1.807, 2.05) is 6.07 Å². The van der Waals surface area contributed by atoms with Crippen LogP contribution in [0.4, 0.5) is 36.1 Å². The average Bonchev–Trinajstić information content (AvgIpc) is 3.29. The fourth-order valence-electron chi connectivity index (χ4n) is 3.39. The van der Waals surface area contributed by atoms with Gasteiger partial charge in [0.25, 0.3) is 5.91 Å². The van der Waals surface area contributed by atoms with Crippen molar-refractivity contribution in [2.24, 2.45) is 0 Å². The predicted molar refractivity (Wildman–Crippen MR) is 114 cm³/mol. The maximum atomic E-state index is 12.4. The molecular formula is C22H20F3N5O2. The summed E-state index contributed by atoms with van der Waals surface area (Å²) in [4.78, 5) is 14.6. The molecule has 0 radical (unpaired) electrons. The number of rotatable bonds is 6. The number of hydrogen-bond acceptors (Lipinski definition) is 6. The standard InChI is InChI=1S/C22H20F3N5O2/c23-22(24,25)32-19-5-3-4-15(12-19)21(31)28-17-8-6-16(7-9-17)27-20-13-18(14-26-29-20)30-10-1-2-11-30/h3-9,12-14H,1-2,10-11H2,(H,27,29)(H,28,31). The first kappa shape index (κ1) is 21.4. The predicted octanol–water partition coefficient (Wildman–Crippen LogP) is 4.97. The van der Waals surface area contributed by atoms with Crippen molar-refractivity contribution in [1.82, 2.24) is 10.2 Å². The van der Waals surface area contributed by atoms with Gasteiger partial charge in [-0.3, -0.25) is 4.79 Å². The molecule has 0 saturated carbocycles. The Hall–Kier alpha value is -3.82. The van der Waals surface area contributed by atoms with Gasteiger partial charge in [-0.1, -0.05) is 6.07 Å². The molecule has 0 spiro atoms. The second-order valence-electron chi connectivity index (χ2n) is 7.23. The van der Waals surface area contributed by atoms with E-state index in [1.54, 1.807) is 30.5 Å². The van der Waals surface area contributed by atoms with E-state index < -0.39 is 18.0 Å². The molecule has 1 amide bonds. The summed E-state index contributed by atoms with van der Waals surface area (Å²) in [5.41, 5.74) is 2.29. The lowest BCUT2D eigenvalue weighted by atomic mass is 10.2. The molecule has 1 aliphatic rings. The summed E-state index contributed by atoms with van der Waals surface area (Å²) in [7, 11) is 0. The molecule has 7 nitrogen and oxygen atoms in total. The number of hydrogen-bond donors (Lipinski definition) is 2. The van der Waals surface area contributed by atoms with Crippen LogP contribution in [0, 0.1) is 0 Å². The Labute approximate surface area is 182 Å². The summed E-state index contributed by atoms with van der Waals surface area (Å²) >= 11 is 0. The van der Waals surface area contributed by atoms with Gasteiger partial charge in [-0.15, -0.1) is 18.3 Å². The number of nitrogens with zero attached hydrogens (tertiary/aromatic N) is 3. The first-order valence-corrected chi connectivity index (χ1v) is 9.98. The van der Waals surface area contributed by atoms with E-state index in [-0.39, 0.29) is 5.56 Å². The summed E-state index contributed by atoms with van der Waals surface area (Å²) in [5, 5.41) is 14.0. The van der Waals surface area contributed by atoms with Gasteiger partial charge in [0.05, 0.1) is 11.9 Å². The van der Waals surface area contributed by atoms with E-state index in [0.29, 0.717) is 11.5 Å². The molecule has 0 unspecified atom stereocenters. The van der Waals surface area contributed by atoms with Crippen molar-refractivity contribution >= 4 is 28.8 Å². The molecule has 0 bridgehead atoms. The third-order valence-electron chi connectivity index (χ3n) is 4.86. The fourth-order valence-corrected chi connectivity index (χ4v) is 3.39. The highest BCUT2D eigenvalue weighted by molar-refractivity contribution is 6.04. The Morgan fingerprint density at radius 1 is 1.00 bits per heavy atom. The highest BCUT2D eigenvalue weighted by Gasteiger charge is 2.31. The molecule has 2 heterocycles. The molecule has 1 aromatic heterocycles. The Morgan fingerprint density at radius 3 is 2.44 bits per heavy atom. The van der Waals surface area contributed by atoms with Crippen LogP contribution < -0.4 is 20.3 Å². The number of ether oxygens (including phenoxy) is 1. The maximum absolute atomic E-state index is 12.4. The van der Waals surface area contributed by atoms with Crippen molar-refractivity contribution in [2.75, 3.05) is 28.6 Å². The third kappa shape index (κ3) is 5.65. The van der Waals surface area contributed by atoms with Gasteiger partial charge < -0.3 is 20.3 Å². The third-order valence-corrected chi connectivity index (χ3v) is 4.86. The minimum Gasteiger partial charge on any atom is -0.406 e. The fraction of sp³-hybridized carbons (Fsp3) is 0.227. The highest BCUT2D eigenvalue weighted by Crippen LogP contribution is 2.25. The average molecular weight is 443 g/mol. The quantitative estimate of drug-likeness (QED) is 0.560. The molecular weight excluding hydrogens is 423 g/mol. The lowest BCUT2D eigenvalue weighted by Gasteiger charge is -2.17. The van der Waals surface area contributed by atoms with Crippen LogP contribution in [0.25, 0.3) is 0 Å². The van der Waals surface area contributed by atoms with Crippen molar-refractivity contribution in [3.63, 3.8) is 0 Å². The van der Waals surface area contributed by atoms with E-state index in [1.165, 1.54) is 12.1 Å². The first-order valence-electron chi connectivity index (χ1n) is 9.98. The van der Waals surface area contributed by atoms with Gasteiger partial charge in [0.2, 0.25) is 0 Å². The maximum Gasteiger partial charge on any atom is 0.573 e. The highest BCUT2D eigenvalue weighted by atomic mass is 19.4. The molecule has 10 heteroatoms. The molecule has 2 aromatic carbocycles. The number of nitrogens with one attached hydrogen (secondary N) is 2. The lowest BCUT2D eigenvalue weighted by Crippen LogP contribution is -2.18. The van der Waals surface area contributed by atoms with Crippen molar-refractivity contribution in [3.8, 4) is 5.75 Å². The van der Waals surface area contributed by atoms with Crippen LogP contribution >= 0.6 is 0 Å². The number of halogens is 3. The largest absolute Gasteiger partial charge is 0.573 e. The molecule has 166 valence electrons. The Balaban J connectivity index is 1.38. The molecule has 1 aliphatic heterocycles. The molecule has 1 fully saturated rings. The molecule has 1 saturated heterocycles. The minimum atomic E-state index is -4.82. The number of carbonyl (C=O) groups is 1. The number of carbonyl (C=O) groups excluding carboxylic acids is 1. The second-order valence-corrected chi connectivity index (χ2v) is 7.23. The molecule has 0 atom stereocenters. The summed E-state index contributed by atoms with van der Waals surface area (Å²) < 4.78 is 41.0. The monoisotopic (exact) mass is 443 g/mol. The van der Waals surface area contributed by atoms with E-state index in [4.69, 9.17) is 0 Å². The van der Waals surface area contributed by atoms with E-state index in [2.05, 4.69) is 30.5 Å². The topological polar surface area (TPSA) is 79.4 Å². The van der Waals surface area contributed by atoms with Crippen LogP contribution in [0.2, 0.25) is 0 Å².